The minimum Gasteiger partial charge on any atom is -0.326 e. The summed E-state index contributed by atoms with van der Waals surface area (Å²) in [5.74, 6) is -0.477. The van der Waals surface area contributed by atoms with Crippen LogP contribution in [0.2, 0.25) is 0 Å². The highest BCUT2D eigenvalue weighted by molar-refractivity contribution is 5.84. The predicted octanol–water partition coefficient (Wildman–Crippen LogP) is 2.32. The molecule has 3 heteroatoms. The van der Waals surface area contributed by atoms with Crippen molar-refractivity contribution in [3.05, 3.63) is 41.7 Å². The van der Waals surface area contributed by atoms with E-state index in [2.05, 4.69) is 5.32 Å². The second-order valence-electron chi connectivity index (χ2n) is 2.89. The van der Waals surface area contributed by atoms with Crippen molar-refractivity contribution in [1.82, 2.24) is 5.32 Å². The highest BCUT2D eigenvalue weighted by Gasteiger charge is 2.02. The molecule has 0 fully saturated rings. The third kappa shape index (κ3) is 2.69. The summed E-state index contributed by atoms with van der Waals surface area (Å²) in [7, 11) is 0. The summed E-state index contributed by atoms with van der Waals surface area (Å²) in [5.41, 5.74) is 1.29. The standard InChI is InChI=1S/C11H12FNO/c1-3-11(13-8(2)14)9-5-4-6-10(12)7-9/h3-7H,1-2H3,(H,13,14)/b11-3+. The Morgan fingerprint density at radius 2 is 2.21 bits per heavy atom. The van der Waals surface area contributed by atoms with Crippen LogP contribution in [0.15, 0.2) is 30.3 Å². The maximum absolute atomic E-state index is 12.9. The first kappa shape index (κ1) is 10.4. The van der Waals surface area contributed by atoms with Crippen molar-refractivity contribution >= 4 is 11.6 Å². The van der Waals surface area contributed by atoms with Gasteiger partial charge in [-0.05, 0) is 19.1 Å². The van der Waals surface area contributed by atoms with Crippen molar-refractivity contribution in [2.24, 2.45) is 0 Å². The summed E-state index contributed by atoms with van der Waals surface area (Å²) >= 11 is 0. The Hall–Kier alpha value is -1.64. The largest absolute Gasteiger partial charge is 0.326 e. The number of carbonyl (C=O) groups is 1. The van der Waals surface area contributed by atoms with Gasteiger partial charge in [0.15, 0.2) is 0 Å². The smallest absolute Gasteiger partial charge is 0.221 e. The van der Waals surface area contributed by atoms with E-state index in [0.717, 1.165) is 0 Å². The first-order valence-electron chi connectivity index (χ1n) is 4.33. The molecule has 1 amide bonds. The molecule has 0 radical (unpaired) electrons. The van der Waals surface area contributed by atoms with Crippen molar-refractivity contribution in [1.29, 1.82) is 0 Å². The van der Waals surface area contributed by atoms with E-state index < -0.39 is 0 Å². The summed E-state index contributed by atoms with van der Waals surface area (Å²) in [6.45, 7) is 3.21. The lowest BCUT2D eigenvalue weighted by Crippen LogP contribution is -2.17. The van der Waals surface area contributed by atoms with Crippen molar-refractivity contribution in [3.63, 3.8) is 0 Å². The van der Waals surface area contributed by atoms with Gasteiger partial charge in [-0.25, -0.2) is 4.39 Å². The highest BCUT2D eigenvalue weighted by Crippen LogP contribution is 2.12. The molecule has 14 heavy (non-hydrogen) atoms. The normalized spacial score (nSPS) is 11.2. The number of hydrogen-bond donors (Lipinski definition) is 1. The number of halogens is 1. The lowest BCUT2D eigenvalue weighted by atomic mass is 10.1. The summed E-state index contributed by atoms with van der Waals surface area (Å²) in [4.78, 5) is 10.8. The Morgan fingerprint density at radius 3 is 2.71 bits per heavy atom. The molecule has 0 bridgehead atoms. The summed E-state index contributed by atoms with van der Waals surface area (Å²) in [6.07, 6.45) is 1.73. The predicted molar refractivity (Wildman–Crippen MR) is 53.9 cm³/mol. The van der Waals surface area contributed by atoms with Crippen molar-refractivity contribution < 1.29 is 9.18 Å². The number of allylic oxidation sites excluding steroid dienone is 1. The van der Waals surface area contributed by atoms with Crippen LogP contribution in [-0.2, 0) is 4.79 Å². The third-order valence-corrected chi connectivity index (χ3v) is 1.73. The molecule has 1 aromatic rings. The van der Waals surface area contributed by atoms with Crippen molar-refractivity contribution in [2.45, 2.75) is 13.8 Å². The summed E-state index contributed by atoms with van der Waals surface area (Å²) in [5, 5.41) is 2.63. The van der Waals surface area contributed by atoms with E-state index in [1.54, 1.807) is 25.1 Å². The number of hydrogen-bond acceptors (Lipinski definition) is 1. The van der Waals surface area contributed by atoms with Crippen LogP contribution in [0.5, 0.6) is 0 Å². The monoisotopic (exact) mass is 193 g/mol. The minimum atomic E-state index is -0.313. The van der Waals surface area contributed by atoms with Crippen LogP contribution >= 0.6 is 0 Å². The van der Waals surface area contributed by atoms with E-state index >= 15 is 0 Å². The average Bonchev–Trinajstić information content (AvgIpc) is 2.14. The molecule has 0 saturated heterocycles. The summed E-state index contributed by atoms with van der Waals surface area (Å²) < 4.78 is 12.9. The molecular formula is C11H12FNO. The molecule has 0 aliphatic carbocycles. The third-order valence-electron chi connectivity index (χ3n) is 1.73. The Labute approximate surface area is 82.4 Å². The SMILES string of the molecule is C/C=C(/NC(C)=O)c1cccc(F)c1. The van der Waals surface area contributed by atoms with Gasteiger partial charge < -0.3 is 5.32 Å². The Bertz CT molecular complexity index is 371. The van der Waals surface area contributed by atoms with Gasteiger partial charge in [0.2, 0.25) is 5.91 Å². The Kier molecular flexibility index (Phi) is 3.40. The van der Waals surface area contributed by atoms with Crippen LogP contribution < -0.4 is 5.32 Å². The second kappa shape index (κ2) is 4.56. The maximum Gasteiger partial charge on any atom is 0.221 e. The minimum absolute atomic E-state index is 0.164. The van der Waals surface area contributed by atoms with Gasteiger partial charge in [-0.1, -0.05) is 18.2 Å². The van der Waals surface area contributed by atoms with Gasteiger partial charge in [-0.15, -0.1) is 0 Å². The number of amides is 1. The molecule has 1 aromatic carbocycles. The Balaban J connectivity index is 2.96. The molecule has 1 N–H and O–H groups in total. The first-order valence-corrected chi connectivity index (χ1v) is 4.33. The molecule has 1 rings (SSSR count). The topological polar surface area (TPSA) is 29.1 Å². The zero-order valence-electron chi connectivity index (χ0n) is 8.17. The van der Waals surface area contributed by atoms with Crippen LogP contribution in [-0.4, -0.2) is 5.91 Å². The van der Waals surface area contributed by atoms with Crippen LogP contribution in [0.4, 0.5) is 4.39 Å². The molecule has 0 unspecified atom stereocenters. The van der Waals surface area contributed by atoms with Gasteiger partial charge >= 0.3 is 0 Å². The molecule has 0 spiro atoms. The van der Waals surface area contributed by atoms with Gasteiger partial charge in [-0.3, -0.25) is 4.79 Å². The fourth-order valence-corrected chi connectivity index (χ4v) is 1.16. The van der Waals surface area contributed by atoms with Crippen molar-refractivity contribution in [2.75, 3.05) is 0 Å². The molecule has 74 valence electrons. The average molecular weight is 193 g/mol. The van der Waals surface area contributed by atoms with Crippen LogP contribution in [0, 0.1) is 5.82 Å². The maximum atomic E-state index is 12.9. The molecule has 0 aliphatic rings. The lowest BCUT2D eigenvalue weighted by Gasteiger charge is -2.07. The van der Waals surface area contributed by atoms with Crippen LogP contribution in [0.25, 0.3) is 5.70 Å². The number of carbonyl (C=O) groups excluding carboxylic acids is 1. The van der Waals surface area contributed by atoms with E-state index in [1.807, 2.05) is 0 Å². The molecule has 2 nitrogen and oxygen atoms in total. The van der Waals surface area contributed by atoms with Crippen molar-refractivity contribution in [3.8, 4) is 0 Å². The fraction of sp³-hybridized carbons (Fsp3) is 0.182. The summed E-state index contributed by atoms with van der Waals surface area (Å²) in [6, 6.07) is 6.10. The van der Waals surface area contributed by atoms with E-state index in [-0.39, 0.29) is 11.7 Å². The number of benzene rings is 1. The number of nitrogens with one attached hydrogen (secondary N) is 1. The van der Waals surface area contributed by atoms with E-state index in [4.69, 9.17) is 0 Å². The van der Waals surface area contributed by atoms with E-state index in [9.17, 15) is 9.18 Å². The van der Waals surface area contributed by atoms with Crippen LogP contribution in [0.1, 0.15) is 19.4 Å². The van der Waals surface area contributed by atoms with Gasteiger partial charge in [-0.2, -0.15) is 0 Å². The van der Waals surface area contributed by atoms with Gasteiger partial charge in [0, 0.05) is 18.2 Å². The van der Waals surface area contributed by atoms with Gasteiger partial charge in [0.05, 0.1) is 0 Å². The zero-order chi connectivity index (χ0) is 10.6. The van der Waals surface area contributed by atoms with Gasteiger partial charge in [0.1, 0.15) is 5.82 Å². The molecule has 0 atom stereocenters. The molecule has 0 heterocycles. The zero-order valence-corrected chi connectivity index (χ0v) is 8.17. The fourth-order valence-electron chi connectivity index (χ4n) is 1.16. The molecular weight excluding hydrogens is 181 g/mol. The molecule has 0 aliphatic heterocycles. The van der Waals surface area contributed by atoms with E-state index in [1.165, 1.54) is 19.1 Å². The number of rotatable bonds is 2. The molecule has 0 aromatic heterocycles. The lowest BCUT2D eigenvalue weighted by molar-refractivity contribution is -0.117. The first-order chi connectivity index (χ1) is 6.63. The second-order valence-corrected chi connectivity index (χ2v) is 2.89. The quantitative estimate of drug-likeness (QED) is 0.767. The van der Waals surface area contributed by atoms with Crippen LogP contribution in [0.3, 0.4) is 0 Å². The van der Waals surface area contributed by atoms with E-state index in [0.29, 0.717) is 11.3 Å². The van der Waals surface area contributed by atoms with Gasteiger partial charge in [0.25, 0.3) is 0 Å². The molecule has 0 saturated carbocycles. The Morgan fingerprint density at radius 1 is 1.50 bits per heavy atom. The highest BCUT2D eigenvalue weighted by atomic mass is 19.1.